The lowest BCUT2D eigenvalue weighted by molar-refractivity contribution is -0.0472. The number of hydrogen-bond donors (Lipinski definition) is 2. The minimum absolute atomic E-state index is 0.108. The minimum Gasteiger partial charge on any atom is -0.395 e. The topological polar surface area (TPSA) is 32.3 Å². The highest BCUT2D eigenvalue weighted by molar-refractivity contribution is 4.82. The van der Waals surface area contributed by atoms with Crippen molar-refractivity contribution in [2.24, 2.45) is 0 Å². The van der Waals surface area contributed by atoms with E-state index in [0.29, 0.717) is 6.54 Å². The summed E-state index contributed by atoms with van der Waals surface area (Å²) >= 11 is 0. The van der Waals surface area contributed by atoms with Gasteiger partial charge in [-0.05, 0) is 0 Å². The van der Waals surface area contributed by atoms with Crippen molar-refractivity contribution < 1.29 is 13.9 Å². The lowest BCUT2D eigenvalue weighted by atomic mass is 10.0. The summed E-state index contributed by atoms with van der Waals surface area (Å²) < 4.78 is 25.0. The van der Waals surface area contributed by atoms with Crippen LogP contribution < -0.4 is 5.32 Å². The lowest BCUT2D eigenvalue weighted by Crippen LogP contribution is -2.45. The summed E-state index contributed by atoms with van der Waals surface area (Å²) in [6.07, 6.45) is -0.340. The molecule has 10 heavy (non-hydrogen) atoms. The van der Waals surface area contributed by atoms with Crippen LogP contribution in [0.15, 0.2) is 0 Å². The molecule has 2 nitrogen and oxygen atoms in total. The van der Waals surface area contributed by atoms with E-state index < -0.39 is 12.0 Å². The first-order chi connectivity index (χ1) is 4.64. The van der Waals surface area contributed by atoms with Crippen molar-refractivity contribution in [2.75, 3.05) is 13.2 Å². The molecular formula is C6H11F2NO. The number of aliphatic hydroxyl groups excluding tert-OH is 1. The summed E-state index contributed by atoms with van der Waals surface area (Å²) in [4.78, 5) is 0. The summed E-state index contributed by atoms with van der Waals surface area (Å²) in [5.74, 6) is -2.57. The third kappa shape index (κ3) is 1.88. The summed E-state index contributed by atoms with van der Waals surface area (Å²) in [6.45, 7) is 0.105. The Balaban J connectivity index is 2.40. The van der Waals surface area contributed by atoms with Crippen molar-refractivity contribution >= 4 is 0 Å². The van der Waals surface area contributed by atoms with Gasteiger partial charge in [0.15, 0.2) is 0 Å². The van der Waals surface area contributed by atoms with Gasteiger partial charge in [0.05, 0.1) is 6.61 Å². The van der Waals surface area contributed by atoms with Gasteiger partial charge in [-0.3, -0.25) is 0 Å². The molecule has 1 fully saturated rings. The molecule has 1 atom stereocenters. The summed E-state index contributed by atoms with van der Waals surface area (Å²) in [5, 5.41) is 11.3. The van der Waals surface area contributed by atoms with Crippen molar-refractivity contribution in [3.05, 3.63) is 0 Å². The fourth-order valence-electron chi connectivity index (χ4n) is 1.12. The van der Waals surface area contributed by atoms with E-state index in [1.54, 1.807) is 0 Å². The van der Waals surface area contributed by atoms with E-state index in [4.69, 9.17) is 5.11 Å². The second-order valence-electron chi connectivity index (χ2n) is 2.64. The minimum atomic E-state index is -2.57. The Morgan fingerprint density at radius 1 is 1.60 bits per heavy atom. The van der Waals surface area contributed by atoms with Gasteiger partial charge in [-0.1, -0.05) is 0 Å². The average molecular weight is 151 g/mol. The number of halogens is 2. The standard InChI is InChI=1S/C6H11F2NO/c7-6(8)1-2-9-5(3-6)4-10/h5,9-10H,1-4H2. The molecule has 4 heteroatoms. The van der Waals surface area contributed by atoms with Crippen LogP contribution in [0.4, 0.5) is 8.78 Å². The average Bonchev–Trinajstić information content (AvgIpc) is 1.86. The van der Waals surface area contributed by atoms with Crippen molar-refractivity contribution in [2.45, 2.75) is 24.8 Å². The lowest BCUT2D eigenvalue weighted by Gasteiger charge is -2.28. The van der Waals surface area contributed by atoms with Crippen LogP contribution in [0.3, 0.4) is 0 Å². The van der Waals surface area contributed by atoms with E-state index >= 15 is 0 Å². The van der Waals surface area contributed by atoms with Gasteiger partial charge in [0.1, 0.15) is 0 Å². The first-order valence-corrected chi connectivity index (χ1v) is 3.36. The Hall–Kier alpha value is -0.220. The van der Waals surface area contributed by atoms with Crippen LogP contribution in [0.1, 0.15) is 12.8 Å². The van der Waals surface area contributed by atoms with Gasteiger partial charge >= 0.3 is 0 Å². The van der Waals surface area contributed by atoms with E-state index in [2.05, 4.69) is 5.32 Å². The Kier molecular flexibility index (Phi) is 2.21. The zero-order valence-electron chi connectivity index (χ0n) is 5.61. The molecule has 0 saturated carbocycles. The predicted molar refractivity (Wildman–Crippen MR) is 33.1 cm³/mol. The highest BCUT2D eigenvalue weighted by atomic mass is 19.3. The van der Waals surface area contributed by atoms with Gasteiger partial charge in [0.2, 0.25) is 0 Å². The molecular weight excluding hydrogens is 140 g/mol. The maximum Gasteiger partial charge on any atom is 0.250 e. The maximum atomic E-state index is 12.5. The van der Waals surface area contributed by atoms with Crippen LogP contribution in [0.25, 0.3) is 0 Å². The quantitative estimate of drug-likeness (QED) is 0.567. The largest absolute Gasteiger partial charge is 0.395 e. The molecule has 0 radical (unpaired) electrons. The van der Waals surface area contributed by atoms with E-state index in [1.165, 1.54) is 0 Å². The molecule has 1 aliphatic heterocycles. The zero-order chi connectivity index (χ0) is 7.61. The van der Waals surface area contributed by atoms with Crippen LogP contribution in [0.2, 0.25) is 0 Å². The van der Waals surface area contributed by atoms with Crippen LogP contribution >= 0.6 is 0 Å². The molecule has 0 aromatic carbocycles. The van der Waals surface area contributed by atoms with Crippen LogP contribution in [-0.2, 0) is 0 Å². The molecule has 1 unspecified atom stereocenters. The van der Waals surface area contributed by atoms with Crippen molar-refractivity contribution in [3.63, 3.8) is 0 Å². The summed E-state index contributed by atoms with van der Waals surface area (Å²) in [5.41, 5.74) is 0. The Labute approximate surface area is 58.2 Å². The molecule has 60 valence electrons. The highest BCUT2D eigenvalue weighted by Crippen LogP contribution is 2.26. The van der Waals surface area contributed by atoms with Gasteiger partial charge in [-0.15, -0.1) is 0 Å². The normalized spacial score (nSPS) is 32.1. The fraction of sp³-hybridized carbons (Fsp3) is 1.00. The highest BCUT2D eigenvalue weighted by Gasteiger charge is 2.35. The molecule has 0 aliphatic carbocycles. The Morgan fingerprint density at radius 3 is 2.70 bits per heavy atom. The Bertz CT molecular complexity index is 118. The molecule has 2 N–H and O–H groups in total. The number of alkyl halides is 2. The van der Waals surface area contributed by atoms with Crippen LogP contribution in [0, 0.1) is 0 Å². The monoisotopic (exact) mass is 151 g/mol. The first kappa shape index (κ1) is 7.88. The van der Waals surface area contributed by atoms with E-state index in [0.717, 1.165) is 0 Å². The van der Waals surface area contributed by atoms with Crippen molar-refractivity contribution in [3.8, 4) is 0 Å². The smallest absolute Gasteiger partial charge is 0.250 e. The second kappa shape index (κ2) is 2.80. The van der Waals surface area contributed by atoms with Gasteiger partial charge in [0.25, 0.3) is 5.92 Å². The van der Waals surface area contributed by atoms with E-state index in [1.807, 2.05) is 0 Å². The SMILES string of the molecule is OCC1CC(F)(F)CCN1. The maximum absolute atomic E-state index is 12.5. The van der Waals surface area contributed by atoms with Gasteiger partial charge in [-0.25, -0.2) is 8.78 Å². The zero-order valence-corrected chi connectivity index (χ0v) is 5.61. The molecule has 0 spiro atoms. The Morgan fingerprint density at radius 2 is 2.30 bits per heavy atom. The molecule has 0 aromatic heterocycles. The molecule has 1 rings (SSSR count). The summed E-state index contributed by atoms with van der Waals surface area (Å²) in [7, 11) is 0. The van der Waals surface area contributed by atoms with Crippen molar-refractivity contribution in [1.82, 2.24) is 5.32 Å². The number of hydrogen-bond acceptors (Lipinski definition) is 2. The number of aliphatic hydroxyl groups is 1. The number of nitrogens with one attached hydrogen (secondary N) is 1. The number of rotatable bonds is 1. The molecule has 1 heterocycles. The van der Waals surface area contributed by atoms with E-state index in [-0.39, 0.29) is 19.4 Å². The summed E-state index contributed by atoms with van der Waals surface area (Å²) in [6, 6.07) is -0.413. The molecule has 0 amide bonds. The number of piperidine rings is 1. The molecule has 0 bridgehead atoms. The molecule has 1 saturated heterocycles. The fourth-order valence-corrected chi connectivity index (χ4v) is 1.12. The van der Waals surface area contributed by atoms with Crippen LogP contribution in [-0.4, -0.2) is 30.2 Å². The predicted octanol–water partition coefficient (Wildman–Crippen LogP) is 0.366. The van der Waals surface area contributed by atoms with Gasteiger partial charge in [-0.2, -0.15) is 0 Å². The van der Waals surface area contributed by atoms with Crippen LogP contribution in [0.5, 0.6) is 0 Å². The van der Waals surface area contributed by atoms with E-state index in [9.17, 15) is 8.78 Å². The van der Waals surface area contributed by atoms with Gasteiger partial charge < -0.3 is 10.4 Å². The molecule has 0 aromatic rings. The first-order valence-electron chi connectivity index (χ1n) is 3.36. The third-order valence-electron chi connectivity index (χ3n) is 1.69. The third-order valence-corrected chi connectivity index (χ3v) is 1.69. The molecule has 1 aliphatic rings. The van der Waals surface area contributed by atoms with Crippen molar-refractivity contribution in [1.29, 1.82) is 0 Å². The van der Waals surface area contributed by atoms with Gasteiger partial charge in [0, 0.05) is 25.4 Å². The second-order valence-corrected chi connectivity index (χ2v) is 2.64.